The summed E-state index contributed by atoms with van der Waals surface area (Å²) in [6.45, 7) is 0.442. The van der Waals surface area contributed by atoms with Gasteiger partial charge in [-0.05, 0) is 30.5 Å². The quantitative estimate of drug-likeness (QED) is 0.602. The van der Waals surface area contributed by atoms with Crippen LogP contribution in [-0.4, -0.2) is 27.8 Å². The summed E-state index contributed by atoms with van der Waals surface area (Å²) in [4.78, 5) is 33.4. The average molecular weight is 387 g/mol. The first-order valence-electron chi connectivity index (χ1n) is 9.46. The molecule has 7 heteroatoms. The molecule has 7 nitrogen and oxygen atoms in total. The van der Waals surface area contributed by atoms with Crippen LogP contribution in [0.2, 0.25) is 0 Å². The molecule has 0 bridgehead atoms. The van der Waals surface area contributed by atoms with Gasteiger partial charge in [-0.25, -0.2) is 9.97 Å². The fourth-order valence-corrected chi connectivity index (χ4v) is 2.89. The van der Waals surface area contributed by atoms with Crippen LogP contribution in [0.4, 0.5) is 5.82 Å². The smallest absolute Gasteiger partial charge is 0.273 e. The summed E-state index contributed by atoms with van der Waals surface area (Å²) >= 11 is 0. The minimum atomic E-state index is -0.323. The maximum Gasteiger partial charge on any atom is 0.273 e. The number of carbonyl (C=O) groups excluding carboxylic acids is 2. The number of nitrogens with two attached hydrogens (primary N) is 1. The van der Waals surface area contributed by atoms with Gasteiger partial charge >= 0.3 is 0 Å². The van der Waals surface area contributed by atoms with Crippen molar-refractivity contribution in [1.82, 2.24) is 20.6 Å². The molecule has 1 saturated carbocycles. The zero-order valence-electron chi connectivity index (χ0n) is 15.8. The highest BCUT2D eigenvalue weighted by Crippen LogP contribution is 2.22. The second-order valence-electron chi connectivity index (χ2n) is 6.99. The van der Waals surface area contributed by atoms with E-state index in [1.165, 1.54) is 6.20 Å². The zero-order valence-corrected chi connectivity index (χ0v) is 15.8. The van der Waals surface area contributed by atoms with Gasteiger partial charge in [-0.3, -0.25) is 9.59 Å². The summed E-state index contributed by atoms with van der Waals surface area (Å²) in [5.41, 5.74) is 8.64. The first kappa shape index (κ1) is 18.6. The van der Waals surface area contributed by atoms with Crippen LogP contribution in [0.5, 0.6) is 0 Å². The normalized spacial score (nSPS) is 13.0. The van der Waals surface area contributed by atoms with Crippen LogP contribution in [0.3, 0.4) is 0 Å². The molecule has 4 N–H and O–H groups in total. The number of nitrogens with zero attached hydrogens (tertiary/aromatic N) is 2. The van der Waals surface area contributed by atoms with Crippen molar-refractivity contribution < 1.29 is 9.59 Å². The van der Waals surface area contributed by atoms with Crippen molar-refractivity contribution in [2.75, 3.05) is 5.73 Å². The van der Waals surface area contributed by atoms with Gasteiger partial charge in [-0.1, -0.05) is 42.5 Å². The van der Waals surface area contributed by atoms with Gasteiger partial charge in [0.2, 0.25) is 0 Å². The molecule has 0 spiro atoms. The predicted octanol–water partition coefficient (Wildman–Crippen LogP) is 2.55. The molecule has 1 fully saturated rings. The maximum absolute atomic E-state index is 12.5. The molecule has 0 unspecified atom stereocenters. The van der Waals surface area contributed by atoms with Gasteiger partial charge in [-0.2, -0.15) is 0 Å². The molecule has 0 atom stereocenters. The molecular formula is C22H21N5O2. The molecular weight excluding hydrogens is 366 g/mol. The summed E-state index contributed by atoms with van der Waals surface area (Å²) in [5, 5.41) is 5.77. The Balaban J connectivity index is 1.52. The SMILES string of the molecule is Nc1ncc(-c2cccc(C(=O)NCc3ccccc3)c2)nc1C(=O)NC1CC1. The number of nitrogens with one attached hydrogen (secondary N) is 2. The van der Waals surface area contributed by atoms with E-state index in [0.717, 1.165) is 18.4 Å². The molecule has 0 radical (unpaired) electrons. The summed E-state index contributed by atoms with van der Waals surface area (Å²) in [7, 11) is 0. The fraction of sp³-hybridized carbons (Fsp3) is 0.182. The Morgan fingerprint density at radius 2 is 1.83 bits per heavy atom. The van der Waals surface area contributed by atoms with Crippen LogP contribution in [0.1, 0.15) is 39.3 Å². The molecule has 1 aliphatic carbocycles. The molecule has 1 heterocycles. The highest BCUT2D eigenvalue weighted by Gasteiger charge is 2.26. The lowest BCUT2D eigenvalue weighted by Gasteiger charge is -2.09. The number of hydrogen-bond donors (Lipinski definition) is 3. The Hall–Kier alpha value is -3.74. The lowest BCUT2D eigenvalue weighted by molar-refractivity contribution is 0.0940. The molecule has 2 aromatic carbocycles. The van der Waals surface area contributed by atoms with Crippen molar-refractivity contribution in [3.05, 3.63) is 77.6 Å². The first-order valence-corrected chi connectivity index (χ1v) is 9.46. The number of aromatic nitrogens is 2. The van der Waals surface area contributed by atoms with Crippen molar-refractivity contribution in [2.24, 2.45) is 0 Å². The van der Waals surface area contributed by atoms with Crippen LogP contribution in [0.15, 0.2) is 60.8 Å². The van der Waals surface area contributed by atoms with E-state index in [1.54, 1.807) is 18.2 Å². The second-order valence-corrected chi connectivity index (χ2v) is 6.99. The van der Waals surface area contributed by atoms with Gasteiger partial charge in [0, 0.05) is 23.7 Å². The monoisotopic (exact) mass is 387 g/mol. The first-order chi connectivity index (χ1) is 14.1. The maximum atomic E-state index is 12.5. The molecule has 146 valence electrons. The van der Waals surface area contributed by atoms with Crippen LogP contribution in [-0.2, 0) is 6.54 Å². The van der Waals surface area contributed by atoms with Gasteiger partial charge in [0.25, 0.3) is 11.8 Å². The molecule has 4 rings (SSSR count). The number of amides is 2. The van der Waals surface area contributed by atoms with Gasteiger partial charge in [0.15, 0.2) is 11.5 Å². The minimum Gasteiger partial charge on any atom is -0.382 e. The third-order valence-corrected chi connectivity index (χ3v) is 4.64. The average Bonchev–Trinajstić information content (AvgIpc) is 3.57. The zero-order chi connectivity index (χ0) is 20.2. The lowest BCUT2D eigenvalue weighted by Crippen LogP contribution is -2.27. The topological polar surface area (TPSA) is 110 Å². The summed E-state index contributed by atoms with van der Waals surface area (Å²) in [5.74, 6) is -0.425. The highest BCUT2D eigenvalue weighted by molar-refractivity contribution is 5.97. The van der Waals surface area contributed by atoms with Crippen LogP contribution in [0.25, 0.3) is 11.3 Å². The molecule has 0 saturated heterocycles. The van der Waals surface area contributed by atoms with Crippen molar-refractivity contribution in [2.45, 2.75) is 25.4 Å². The van der Waals surface area contributed by atoms with Crippen LogP contribution in [0, 0.1) is 0 Å². The van der Waals surface area contributed by atoms with E-state index < -0.39 is 0 Å². The van der Waals surface area contributed by atoms with Gasteiger partial charge < -0.3 is 16.4 Å². The largest absolute Gasteiger partial charge is 0.382 e. The van der Waals surface area contributed by atoms with Gasteiger partial charge in [0.05, 0.1) is 11.9 Å². The van der Waals surface area contributed by atoms with Gasteiger partial charge in [-0.15, -0.1) is 0 Å². The molecule has 0 aliphatic heterocycles. The van der Waals surface area contributed by atoms with E-state index in [1.807, 2.05) is 36.4 Å². The van der Waals surface area contributed by atoms with Crippen molar-refractivity contribution in [3.8, 4) is 11.3 Å². The van der Waals surface area contributed by atoms with E-state index in [4.69, 9.17) is 5.73 Å². The third kappa shape index (κ3) is 4.57. The Bertz CT molecular complexity index is 1050. The number of nitrogen functional groups attached to an aromatic ring is 1. The number of hydrogen-bond acceptors (Lipinski definition) is 5. The molecule has 1 aliphatic rings. The third-order valence-electron chi connectivity index (χ3n) is 4.64. The van der Waals surface area contributed by atoms with E-state index in [-0.39, 0.29) is 29.4 Å². The second kappa shape index (κ2) is 8.10. The number of rotatable bonds is 6. The minimum absolute atomic E-state index is 0.0867. The molecule has 29 heavy (non-hydrogen) atoms. The Morgan fingerprint density at radius 3 is 2.59 bits per heavy atom. The van der Waals surface area contributed by atoms with E-state index in [0.29, 0.717) is 23.4 Å². The van der Waals surface area contributed by atoms with Crippen molar-refractivity contribution in [1.29, 1.82) is 0 Å². The summed E-state index contributed by atoms with van der Waals surface area (Å²) in [6, 6.07) is 16.9. The van der Waals surface area contributed by atoms with Crippen molar-refractivity contribution in [3.63, 3.8) is 0 Å². The van der Waals surface area contributed by atoms with E-state index in [2.05, 4.69) is 20.6 Å². The van der Waals surface area contributed by atoms with Crippen LogP contribution < -0.4 is 16.4 Å². The van der Waals surface area contributed by atoms with E-state index >= 15 is 0 Å². The molecule has 1 aromatic heterocycles. The standard InChI is InChI=1S/C22H21N5O2/c23-20-19(22(29)26-17-9-10-17)27-18(13-24-20)15-7-4-8-16(11-15)21(28)25-12-14-5-2-1-3-6-14/h1-8,11,13,17H,9-10,12H2,(H2,23,24)(H,25,28)(H,26,29). The summed E-state index contributed by atoms with van der Waals surface area (Å²) in [6.07, 6.45) is 3.45. The predicted molar refractivity (Wildman–Crippen MR) is 110 cm³/mol. The Kier molecular flexibility index (Phi) is 5.20. The Labute approximate surface area is 168 Å². The van der Waals surface area contributed by atoms with Crippen molar-refractivity contribution >= 4 is 17.6 Å². The highest BCUT2D eigenvalue weighted by atomic mass is 16.2. The fourth-order valence-electron chi connectivity index (χ4n) is 2.89. The molecule has 2 amide bonds. The Morgan fingerprint density at radius 1 is 1.03 bits per heavy atom. The molecule has 3 aromatic rings. The van der Waals surface area contributed by atoms with Gasteiger partial charge in [0.1, 0.15) is 0 Å². The van der Waals surface area contributed by atoms with E-state index in [9.17, 15) is 9.59 Å². The number of anilines is 1. The summed E-state index contributed by atoms with van der Waals surface area (Å²) < 4.78 is 0. The number of carbonyl (C=O) groups is 2. The number of benzene rings is 2. The lowest BCUT2D eigenvalue weighted by atomic mass is 10.1. The van der Waals surface area contributed by atoms with Crippen LogP contribution >= 0.6 is 0 Å².